The Morgan fingerprint density at radius 1 is 0.973 bits per heavy atom. The Balaban J connectivity index is 1.56. The summed E-state index contributed by atoms with van der Waals surface area (Å²) in [6.45, 7) is 6.15. The third-order valence-electron chi connectivity index (χ3n) is 5.75. The number of nitrogens with zero attached hydrogens (tertiary/aromatic N) is 2. The highest BCUT2D eigenvalue weighted by atomic mass is 32.2. The smallest absolute Gasteiger partial charge is 0.262 e. The topological polar surface area (TPSA) is 93.1 Å². The Labute approximate surface area is 220 Å². The van der Waals surface area contributed by atoms with E-state index in [1.165, 1.54) is 11.8 Å². The molecule has 37 heavy (non-hydrogen) atoms. The number of benzene rings is 3. The second kappa shape index (κ2) is 11.9. The van der Waals surface area contributed by atoms with Gasteiger partial charge in [0.05, 0.1) is 23.2 Å². The van der Waals surface area contributed by atoms with Gasteiger partial charge in [-0.1, -0.05) is 55.1 Å². The second-order valence-electron chi connectivity index (χ2n) is 9.02. The van der Waals surface area contributed by atoms with E-state index in [0.29, 0.717) is 21.6 Å². The maximum atomic E-state index is 13.4. The number of aromatic nitrogens is 2. The van der Waals surface area contributed by atoms with Gasteiger partial charge in [-0.05, 0) is 67.8 Å². The number of aryl methyl sites for hydroxylation is 1. The number of amides is 2. The Morgan fingerprint density at radius 2 is 1.73 bits per heavy atom. The van der Waals surface area contributed by atoms with Crippen molar-refractivity contribution in [3.8, 4) is 0 Å². The highest BCUT2D eigenvalue weighted by Crippen LogP contribution is 2.20. The van der Waals surface area contributed by atoms with E-state index in [1.807, 2.05) is 62.4 Å². The number of fused-ring (bicyclic) bond motifs is 1. The molecule has 0 atom stereocenters. The lowest BCUT2D eigenvalue weighted by Gasteiger charge is -2.14. The van der Waals surface area contributed by atoms with E-state index in [1.54, 1.807) is 28.8 Å². The molecule has 1 heterocycles. The molecule has 7 nitrogen and oxygen atoms in total. The van der Waals surface area contributed by atoms with Crippen LogP contribution in [-0.2, 0) is 17.8 Å². The van der Waals surface area contributed by atoms with Crippen LogP contribution in [0.15, 0.2) is 82.7 Å². The third kappa shape index (κ3) is 6.65. The fraction of sp³-hybridized carbons (Fsp3) is 0.241. The molecule has 0 unspecified atom stereocenters. The van der Waals surface area contributed by atoms with Crippen LogP contribution < -0.4 is 16.2 Å². The normalized spacial score (nSPS) is 11.0. The van der Waals surface area contributed by atoms with Crippen molar-refractivity contribution in [3.05, 3.63) is 99.8 Å². The van der Waals surface area contributed by atoms with Crippen LogP contribution in [0.3, 0.4) is 0 Å². The van der Waals surface area contributed by atoms with E-state index in [4.69, 9.17) is 4.98 Å². The molecule has 3 aromatic carbocycles. The van der Waals surface area contributed by atoms with Gasteiger partial charge in [-0.2, -0.15) is 0 Å². The summed E-state index contributed by atoms with van der Waals surface area (Å²) in [6, 6.07) is 22.1. The molecule has 0 aliphatic heterocycles. The minimum atomic E-state index is -0.175. The molecular weight excluding hydrogens is 484 g/mol. The number of rotatable bonds is 9. The van der Waals surface area contributed by atoms with Crippen LogP contribution in [-0.4, -0.2) is 33.2 Å². The molecular formula is C29H30N4O3S. The van der Waals surface area contributed by atoms with Crippen molar-refractivity contribution in [3.63, 3.8) is 0 Å². The van der Waals surface area contributed by atoms with Gasteiger partial charge in [0, 0.05) is 17.3 Å². The number of carbonyl (C=O) groups is 2. The molecule has 0 saturated heterocycles. The van der Waals surface area contributed by atoms with Gasteiger partial charge in [-0.3, -0.25) is 19.0 Å². The molecule has 1 aromatic heterocycles. The molecule has 0 saturated carbocycles. The Kier molecular flexibility index (Phi) is 8.40. The van der Waals surface area contributed by atoms with Crippen LogP contribution in [0.5, 0.6) is 0 Å². The zero-order valence-corrected chi connectivity index (χ0v) is 22.0. The minimum Gasteiger partial charge on any atom is -0.350 e. The zero-order valence-electron chi connectivity index (χ0n) is 21.2. The molecule has 2 amide bonds. The first-order valence-electron chi connectivity index (χ1n) is 12.2. The van der Waals surface area contributed by atoms with Gasteiger partial charge < -0.3 is 10.6 Å². The average Bonchev–Trinajstić information content (AvgIpc) is 2.89. The molecule has 8 heteroatoms. The minimum absolute atomic E-state index is 0.0433. The Morgan fingerprint density at radius 3 is 2.46 bits per heavy atom. The van der Waals surface area contributed by atoms with E-state index >= 15 is 0 Å². The summed E-state index contributed by atoms with van der Waals surface area (Å²) in [6.07, 6.45) is 0.884. The summed E-state index contributed by atoms with van der Waals surface area (Å²) >= 11 is 1.22. The molecule has 190 valence electrons. The van der Waals surface area contributed by atoms with Crippen LogP contribution in [0.2, 0.25) is 0 Å². The van der Waals surface area contributed by atoms with Gasteiger partial charge in [0.25, 0.3) is 11.5 Å². The van der Waals surface area contributed by atoms with Gasteiger partial charge in [0.15, 0.2) is 5.16 Å². The summed E-state index contributed by atoms with van der Waals surface area (Å²) in [5.41, 5.74) is 3.70. The highest BCUT2D eigenvalue weighted by molar-refractivity contribution is 7.99. The van der Waals surface area contributed by atoms with Gasteiger partial charge in [0.1, 0.15) is 0 Å². The number of thioether (sulfide) groups is 1. The van der Waals surface area contributed by atoms with Gasteiger partial charge in [-0.25, -0.2) is 4.98 Å². The molecule has 0 spiro atoms. The van der Waals surface area contributed by atoms with Gasteiger partial charge in [-0.15, -0.1) is 0 Å². The van der Waals surface area contributed by atoms with Crippen molar-refractivity contribution in [2.75, 3.05) is 11.1 Å². The lowest BCUT2D eigenvalue weighted by Crippen LogP contribution is -2.30. The maximum Gasteiger partial charge on any atom is 0.262 e. The van der Waals surface area contributed by atoms with E-state index < -0.39 is 0 Å². The van der Waals surface area contributed by atoms with Gasteiger partial charge in [0.2, 0.25) is 5.91 Å². The number of para-hydroxylation sites is 1. The number of hydrogen-bond acceptors (Lipinski definition) is 5. The SMILES string of the molecule is CCc1cccc(NC(=O)CSc2nc3ccccc3c(=O)n2Cc2ccc(C(=O)NC(C)C)cc2)c1. The molecule has 4 rings (SSSR count). The van der Waals surface area contributed by atoms with E-state index in [0.717, 1.165) is 23.2 Å². The number of hydrogen-bond donors (Lipinski definition) is 2. The van der Waals surface area contributed by atoms with Gasteiger partial charge >= 0.3 is 0 Å². The fourth-order valence-corrected chi connectivity index (χ4v) is 4.68. The van der Waals surface area contributed by atoms with Crippen molar-refractivity contribution in [2.45, 2.75) is 44.9 Å². The lowest BCUT2D eigenvalue weighted by atomic mass is 10.1. The van der Waals surface area contributed by atoms with Crippen LogP contribution >= 0.6 is 11.8 Å². The van der Waals surface area contributed by atoms with Crippen molar-refractivity contribution in [2.24, 2.45) is 0 Å². The van der Waals surface area contributed by atoms with E-state index in [9.17, 15) is 14.4 Å². The largest absolute Gasteiger partial charge is 0.350 e. The average molecular weight is 515 g/mol. The first-order valence-corrected chi connectivity index (χ1v) is 13.2. The zero-order chi connectivity index (χ0) is 26.4. The lowest BCUT2D eigenvalue weighted by molar-refractivity contribution is -0.113. The first kappa shape index (κ1) is 26.2. The third-order valence-corrected chi connectivity index (χ3v) is 6.73. The van der Waals surface area contributed by atoms with Crippen LogP contribution in [0.25, 0.3) is 10.9 Å². The summed E-state index contributed by atoms with van der Waals surface area (Å²) in [4.78, 5) is 43.1. The number of nitrogens with one attached hydrogen (secondary N) is 2. The van der Waals surface area contributed by atoms with E-state index in [2.05, 4.69) is 17.6 Å². The van der Waals surface area contributed by atoms with Crippen LogP contribution in [0, 0.1) is 0 Å². The summed E-state index contributed by atoms with van der Waals surface area (Å²) < 4.78 is 1.58. The highest BCUT2D eigenvalue weighted by Gasteiger charge is 2.15. The molecule has 0 bridgehead atoms. The Hall–Kier alpha value is -3.91. The molecule has 4 aromatic rings. The quantitative estimate of drug-likeness (QED) is 0.245. The summed E-state index contributed by atoms with van der Waals surface area (Å²) in [5.74, 6) is -0.208. The molecule has 0 radical (unpaired) electrons. The fourth-order valence-electron chi connectivity index (χ4n) is 3.88. The molecule has 0 aliphatic carbocycles. The summed E-state index contributed by atoms with van der Waals surface area (Å²) in [7, 11) is 0. The Bertz CT molecular complexity index is 1480. The van der Waals surface area contributed by atoms with E-state index in [-0.39, 0.29) is 35.7 Å². The predicted octanol–water partition coefficient (Wildman–Crippen LogP) is 4.88. The number of carbonyl (C=O) groups excluding carboxylic acids is 2. The second-order valence-corrected chi connectivity index (χ2v) is 9.96. The van der Waals surface area contributed by atoms with Crippen LogP contribution in [0.4, 0.5) is 5.69 Å². The predicted molar refractivity (Wildman–Crippen MR) is 149 cm³/mol. The molecule has 0 aliphatic rings. The van der Waals surface area contributed by atoms with Crippen LogP contribution in [0.1, 0.15) is 42.3 Å². The van der Waals surface area contributed by atoms with Crippen molar-refractivity contribution in [1.29, 1.82) is 0 Å². The molecule has 0 fully saturated rings. The molecule has 2 N–H and O–H groups in total. The van der Waals surface area contributed by atoms with Crippen molar-refractivity contribution >= 4 is 40.2 Å². The number of anilines is 1. The van der Waals surface area contributed by atoms with Crippen molar-refractivity contribution < 1.29 is 9.59 Å². The maximum absolute atomic E-state index is 13.4. The monoisotopic (exact) mass is 514 g/mol. The van der Waals surface area contributed by atoms with Crippen molar-refractivity contribution in [1.82, 2.24) is 14.9 Å². The first-order chi connectivity index (χ1) is 17.8. The standard InChI is InChI=1S/C29H30N4O3S/c1-4-20-8-7-9-23(16-20)31-26(34)18-37-29-32-25-11-6-5-10-24(25)28(36)33(29)17-21-12-14-22(15-13-21)27(35)30-19(2)3/h5-16,19H,4,17-18H2,1-3H3,(H,30,35)(H,31,34). The summed E-state index contributed by atoms with van der Waals surface area (Å²) in [5, 5.41) is 6.77.